The lowest BCUT2D eigenvalue weighted by atomic mass is 9.53. The molecule has 0 aromatic rings. The van der Waals surface area contributed by atoms with Crippen molar-refractivity contribution in [3.63, 3.8) is 0 Å². The summed E-state index contributed by atoms with van der Waals surface area (Å²) in [5, 5.41) is 0.220. The van der Waals surface area contributed by atoms with E-state index in [-0.39, 0.29) is 16.4 Å². The molecule has 0 saturated heterocycles. The molecular formula is C27H48O3Si. The van der Waals surface area contributed by atoms with Gasteiger partial charge in [0.15, 0.2) is 8.32 Å². The summed E-state index contributed by atoms with van der Waals surface area (Å²) in [5.41, 5.74) is 2.08. The van der Waals surface area contributed by atoms with Gasteiger partial charge in [-0.05, 0) is 92.2 Å². The fraction of sp³-hybridized carbons (Fsp3) is 0.889. The fourth-order valence-electron chi connectivity index (χ4n) is 6.63. The Bertz CT molecular complexity index is 693. The van der Waals surface area contributed by atoms with Crippen molar-refractivity contribution in [3.05, 3.63) is 12.2 Å². The molecule has 0 aromatic carbocycles. The molecule has 0 heterocycles. The number of carbonyl (C=O) groups excluding carboxylic acids is 1. The Morgan fingerprint density at radius 1 is 1.10 bits per heavy atom. The van der Waals surface area contributed by atoms with Gasteiger partial charge in [0.1, 0.15) is 0 Å². The zero-order chi connectivity index (χ0) is 23.2. The van der Waals surface area contributed by atoms with Gasteiger partial charge in [-0.2, -0.15) is 0 Å². The summed E-state index contributed by atoms with van der Waals surface area (Å²) in [4.78, 5) is 11.7. The summed E-state index contributed by atoms with van der Waals surface area (Å²) in [6.45, 7) is 23.1. The van der Waals surface area contributed by atoms with Gasteiger partial charge in [0.05, 0.1) is 6.61 Å². The Morgan fingerprint density at radius 3 is 2.39 bits per heavy atom. The van der Waals surface area contributed by atoms with Crippen molar-refractivity contribution in [2.24, 2.45) is 28.6 Å². The molecule has 3 rings (SSSR count). The van der Waals surface area contributed by atoms with Crippen LogP contribution in [0.4, 0.5) is 0 Å². The lowest BCUT2D eigenvalue weighted by Crippen LogP contribution is -2.50. The van der Waals surface area contributed by atoms with Crippen molar-refractivity contribution < 1.29 is 14.0 Å². The van der Waals surface area contributed by atoms with Crippen molar-refractivity contribution >= 4 is 14.3 Å². The molecule has 6 atom stereocenters. The van der Waals surface area contributed by atoms with Crippen LogP contribution in [-0.2, 0) is 14.0 Å². The van der Waals surface area contributed by atoms with Gasteiger partial charge in [0, 0.05) is 18.9 Å². The number of carbonyl (C=O) groups is 1. The second kappa shape index (κ2) is 8.63. The third kappa shape index (κ3) is 4.85. The Hall–Kier alpha value is -0.613. The molecule has 0 radical (unpaired) electrons. The van der Waals surface area contributed by atoms with Crippen molar-refractivity contribution in [2.45, 2.75) is 117 Å². The molecule has 3 saturated carbocycles. The molecule has 0 N–H and O–H groups in total. The van der Waals surface area contributed by atoms with Crippen LogP contribution in [0.1, 0.15) is 92.9 Å². The minimum absolute atomic E-state index is 0.155. The smallest absolute Gasteiger partial charge is 0.302 e. The van der Waals surface area contributed by atoms with Crippen LogP contribution in [0.3, 0.4) is 0 Å². The first-order valence-electron chi connectivity index (χ1n) is 12.7. The van der Waals surface area contributed by atoms with Gasteiger partial charge in [0.25, 0.3) is 0 Å². The average molecular weight is 449 g/mol. The van der Waals surface area contributed by atoms with Gasteiger partial charge in [-0.1, -0.05) is 46.8 Å². The molecule has 3 unspecified atom stereocenters. The number of esters is 1. The maximum atomic E-state index is 11.7. The molecule has 0 spiro atoms. The van der Waals surface area contributed by atoms with Crippen LogP contribution in [0.25, 0.3) is 0 Å². The summed E-state index contributed by atoms with van der Waals surface area (Å²) in [5.74, 6) is 1.73. The predicted octanol–water partition coefficient (Wildman–Crippen LogP) is 7.52. The van der Waals surface area contributed by atoms with Crippen molar-refractivity contribution in [1.82, 2.24) is 0 Å². The normalized spacial score (nSPS) is 39.3. The number of rotatable bonds is 5. The summed E-state index contributed by atoms with van der Waals surface area (Å²) in [6.07, 6.45) is 10.1. The standard InChI is InChI=1S/C27H48O3Si/c1-19-10-11-21-16-22(12-14-26(19,21)6)27(7)15-13-24(17-23(27)18-29-20(2)28)30-31(8,9)25(3,4)5/h21-24H,1,10-18H2,2-9H3/t21?,22?,23-,24?,26-,27-/m1/s1. The number of fused-ring (bicyclic) bond motifs is 1. The third-order valence-electron chi connectivity index (χ3n) is 10.3. The molecule has 31 heavy (non-hydrogen) atoms. The maximum absolute atomic E-state index is 11.7. The van der Waals surface area contributed by atoms with Gasteiger partial charge < -0.3 is 9.16 Å². The van der Waals surface area contributed by atoms with Gasteiger partial charge in [0.2, 0.25) is 0 Å². The SMILES string of the molecule is C=C1CCC2CC([C@@]3(C)CCC(O[Si](C)(C)C(C)(C)C)C[C@@H]3COC(C)=O)CC[C@]12C. The summed E-state index contributed by atoms with van der Waals surface area (Å²) < 4.78 is 12.5. The summed E-state index contributed by atoms with van der Waals surface area (Å²) >= 11 is 0. The highest BCUT2D eigenvalue weighted by Gasteiger charge is 2.53. The first-order chi connectivity index (χ1) is 14.2. The van der Waals surface area contributed by atoms with Gasteiger partial charge in [-0.15, -0.1) is 0 Å². The molecule has 3 aliphatic carbocycles. The highest BCUT2D eigenvalue weighted by Crippen LogP contribution is 2.61. The Labute approximate surface area is 192 Å². The lowest BCUT2D eigenvalue weighted by Gasteiger charge is -2.54. The van der Waals surface area contributed by atoms with E-state index in [1.165, 1.54) is 44.1 Å². The first-order valence-corrected chi connectivity index (χ1v) is 15.6. The van der Waals surface area contributed by atoms with Gasteiger partial charge >= 0.3 is 5.97 Å². The van der Waals surface area contributed by atoms with Gasteiger partial charge in [-0.25, -0.2) is 0 Å². The second-order valence-corrected chi connectivity index (χ2v) is 17.8. The summed E-state index contributed by atoms with van der Waals surface area (Å²) in [7, 11) is -1.81. The maximum Gasteiger partial charge on any atom is 0.302 e. The van der Waals surface area contributed by atoms with E-state index in [2.05, 4.69) is 54.3 Å². The number of hydrogen-bond acceptors (Lipinski definition) is 3. The Kier molecular flexibility index (Phi) is 6.96. The van der Waals surface area contributed by atoms with Crippen LogP contribution in [0.2, 0.25) is 18.1 Å². The second-order valence-electron chi connectivity index (χ2n) is 13.0. The van der Waals surface area contributed by atoms with Crippen LogP contribution in [0.15, 0.2) is 12.2 Å². The van der Waals surface area contributed by atoms with Crippen LogP contribution < -0.4 is 0 Å². The van der Waals surface area contributed by atoms with Crippen LogP contribution in [0, 0.1) is 28.6 Å². The van der Waals surface area contributed by atoms with E-state index in [1.54, 1.807) is 6.92 Å². The lowest BCUT2D eigenvalue weighted by molar-refractivity contribution is -0.147. The van der Waals surface area contributed by atoms with E-state index in [1.807, 2.05) is 0 Å². The Balaban J connectivity index is 1.76. The minimum Gasteiger partial charge on any atom is -0.466 e. The average Bonchev–Trinajstić information content (AvgIpc) is 2.95. The molecule has 0 bridgehead atoms. The first kappa shape index (κ1) is 25.0. The monoisotopic (exact) mass is 448 g/mol. The zero-order valence-electron chi connectivity index (χ0n) is 21.6. The molecule has 0 amide bonds. The number of hydrogen-bond donors (Lipinski definition) is 0. The highest BCUT2D eigenvalue weighted by molar-refractivity contribution is 6.74. The van der Waals surface area contributed by atoms with Crippen LogP contribution in [0.5, 0.6) is 0 Å². The topological polar surface area (TPSA) is 35.5 Å². The van der Waals surface area contributed by atoms with Crippen molar-refractivity contribution in [2.75, 3.05) is 6.61 Å². The predicted molar refractivity (Wildman–Crippen MR) is 131 cm³/mol. The van der Waals surface area contributed by atoms with E-state index < -0.39 is 8.32 Å². The van der Waals surface area contributed by atoms with E-state index in [0.29, 0.717) is 30.0 Å². The van der Waals surface area contributed by atoms with Crippen molar-refractivity contribution in [1.29, 1.82) is 0 Å². The fourth-order valence-corrected chi connectivity index (χ4v) is 8.03. The van der Waals surface area contributed by atoms with Crippen molar-refractivity contribution in [3.8, 4) is 0 Å². The molecule has 0 aromatic heterocycles. The molecule has 0 aliphatic heterocycles. The number of ether oxygens (including phenoxy) is 1. The third-order valence-corrected chi connectivity index (χ3v) is 14.8. The highest BCUT2D eigenvalue weighted by atomic mass is 28.4. The van der Waals surface area contributed by atoms with E-state index >= 15 is 0 Å². The van der Waals surface area contributed by atoms with E-state index in [0.717, 1.165) is 18.8 Å². The quantitative estimate of drug-likeness (QED) is 0.248. The number of allylic oxidation sites excluding steroid dienone is 1. The van der Waals surface area contributed by atoms with Crippen LogP contribution >= 0.6 is 0 Å². The Morgan fingerprint density at radius 2 is 1.77 bits per heavy atom. The molecular weight excluding hydrogens is 400 g/mol. The minimum atomic E-state index is -1.81. The zero-order valence-corrected chi connectivity index (χ0v) is 22.6. The van der Waals surface area contributed by atoms with Crippen LogP contribution in [-0.4, -0.2) is 27.0 Å². The van der Waals surface area contributed by atoms with E-state index in [9.17, 15) is 4.79 Å². The molecule has 3 fully saturated rings. The van der Waals surface area contributed by atoms with Gasteiger partial charge in [-0.3, -0.25) is 4.79 Å². The largest absolute Gasteiger partial charge is 0.466 e. The molecule has 4 heteroatoms. The molecule has 3 aliphatic rings. The van der Waals surface area contributed by atoms with E-state index in [4.69, 9.17) is 9.16 Å². The molecule has 3 nitrogen and oxygen atoms in total. The molecule has 178 valence electrons. The summed E-state index contributed by atoms with van der Waals surface area (Å²) in [6, 6.07) is 0.